The summed E-state index contributed by atoms with van der Waals surface area (Å²) in [6, 6.07) is 6.46. The number of likely N-dealkylation sites (tertiary alicyclic amines) is 1. The fraction of sp³-hybridized carbons (Fsp3) is 0.579. The first-order valence-electron chi connectivity index (χ1n) is 9.02. The highest BCUT2D eigenvalue weighted by Gasteiger charge is 2.36. The van der Waals surface area contributed by atoms with Crippen molar-refractivity contribution in [1.29, 1.82) is 0 Å². The Labute approximate surface area is 148 Å². The van der Waals surface area contributed by atoms with E-state index < -0.39 is 0 Å². The maximum atomic E-state index is 13.1. The number of hydrogen-bond acceptors (Lipinski definition) is 3. The van der Waals surface area contributed by atoms with Gasteiger partial charge in [-0.2, -0.15) is 0 Å². The van der Waals surface area contributed by atoms with Crippen LogP contribution in [0.1, 0.15) is 32.6 Å². The summed E-state index contributed by atoms with van der Waals surface area (Å²) in [6.45, 7) is 3.90. The highest BCUT2D eigenvalue weighted by atomic mass is 19.1. The molecule has 0 N–H and O–H groups in total. The standard InChI is InChI=1S/C19H26FN3O2/c1-14(24)23-11-3-4-18(23)19(25)21(2)16-9-12-22(13-10-16)17-7-5-15(20)6-8-17/h5-8,16,18H,3-4,9-13H2,1-2H3. The molecule has 1 atom stereocenters. The van der Waals surface area contributed by atoms with Gasteiger partial charge in [-0.25, -0.2) is 4.39 Å². The van der Waals surface area contributed by atoms with Gasteiger partial charge in [0.25, 0.3) is 0 Å². The van der Waals surface area contributed by atoms with Crippen LogP contribution in [0.15, 0.2) is 24.3 Å². The smallest absolute Gasteiger partial charge is 0.245 e. The quantitative estimate of drug-likeness (QED) is 0.842. The van der Waals surface area contributed by atoms with Crippen LogP contribution >= 0.6 is 0 Å². The number of piperidine rings is 1. The molecule has 2 fully saturated rings. The number of likely N-dealkylation sites (N-methyl/N-ethyl adjacent to an activating group) is 1. The van der Waals surface area contributed by atoms with Crippen molar-refractivity contribution in [1.82, 2.24) is 9.80 Å². The van der Waals surface area contributed by atoms with Gasteiger partial charge in [-0.1, -0.05) is 0 Å². The van der Waals surface area contributed by atoms with Crippen molar-refractivity contribution in [2.24, 2.45) is 0 Å². The van der Waals surface area contributed by atoms with Crippen LogP contribution in [0.5, 0.6) is 0 Å². The minimum Gasteiger partial charge on any atom is -0.371 e. The Bertz CT molecular complexity index is 626. The van der Waals surface area contributed by atoms with Crippen LogP contribution in [0.25, 0.3) is 0 Å². The first kappa shape index (κ1) is 17.7. The average Bonchev–Trinajstić information content (AvgIpc) is 3.11. The van der Waals surface area contributed by atoms with Gasteiger partial charge in [0, 0.05) is 45.3 Å². The Balaban J connectivity index is 1.57. The summed E-state index contributed by atoms with van der Waals surface area (Å²) in [6.07, 6.45) is 3.42. The Morgan fingerprint density at radius 2 is 1.72 bits per heavy atom. The van der Waals surface area contributed by atoms with Crippen molar-refractivity contribution in [3.05, 3.63) is 30.1 Å². The van der Waals surface area contributed by atoms with Gasteiger partial charge in [-0.05, 0) is 49.9 Å². The molecule has 2 amide bonds. The van der Waals surface area contributed by atoms with Gasteiger partial charge in [0.1, 0.15) is 11.9 Å². The zero-order valence-corrected chi connectivity index (χ0v) is 14.9. The zero-order chi connectivity index (χ0) is 18.0. The molecule has 1 aromatic rings. The number of halogens is 1. The molecule has 6 heteroatoms. The molecule has 2 aliphatic heterocycles. The predicted octanol–water partition coefficient (Wildman–Crippen LogP) is 2.26. The monoisotopic (exact) mass is 347 g/mol. The van der Waals surface area contributed by atoms with E-state index in [1.54, 1.807) is 17.0 Å². The number of benzene rings is 1. The summed E-state index contributed by atoms with van der Waals surface area (Å²) in [4.78, 5) is 30.3. The molecule has 0 aromatic heterocycles. The Morgan fingerprint density at radius 3 is 2.32 bits per heavy atom. The molecule has 1 aromatic carbocycles. The second-order valence-electron chi connectivity index (χ2n) is 7.01. The van der Waals surface area contributed by atoms with Gasteiger partial charge in [-0.3, -0.25) is 9.59 Å². The van der Waals surface area contributed by atoms with Crippen LogP contribution in [-0.4, -0.2) is 60.4 Å². The zero-order valence-electron chi connectivity index (χ0n) is 14.9. The van der Waals surface area contributed by atoms with E-state index >= 15 is 0 Å². The third kappa shape index (κ3) is 3.78. The summed E-state index contributed by atoms with van der Waals surface area (Å²) in [7, 11) is 1.86. The van der Waals surface area contributed by atoms with Crippen LogP contribution in [-0.2, 0) is 9.59 Å². The second-order valence-corrected chi connectivity index (χ2v) is 7.01. The van der Waals surface area contributed by atoms with E-state index in [1.807, 2.05) is 11.9 Å². The number of nitrogens with zero attached hydrogens (tertiary/aromatic N) is 3. The van der Waals surface area contributed by atoms with E-state index in [-0.39, 0.29) is 29.7 Å². The summed E-state index contributed by atoms with van der Waals surface area (Å²) in [5, 5.41) is 0. The minimum absolute atomic E-state index is 0.0182. The van der Waals surface area contributed by atoms with Crippen molar-refractivity contribution in [3.8, 4) is 0 Å². The van der Waals surface area contributed by atoms with E-state index in [9.17, 15) is 14.0 Å². The lowest BCUT2D eigenvalue weighted by molar-refractivity contribution is -0.143. The summed E-state index contributed by atoms with van der Waals surface area (Å²) >= 11 is 0. The van der Waals surface area contributed by atoms with E-state index in [0.29, 0.717) is 6.54 Å². The molecule has 0 radical (unpaired) electrons. The Kier molecular flexibility index (Phi) is 5.25. The summed E-state index contributed by atoms with van der Waals surface area (Å²) in [5.41, 5.74) is 1.02. The molecule has 1 unspecified atom stereocenters. The third-order valence-electron chi connectivity index (χ3n) is 5.49. The first-order valence-corrected chi connectivity index (χ1v) is 9.02. The number of hydrogen-bond donors (Lipinski definition) is 0. The first-order chi connectivity index (χ1) is 12.0. The summed E-state index contributed by atoms with van der Waals surface area (Å²) < 4.78 is 13.1. The Hall–Kier alpha value is -2.11. The number of amides is 2. The second kappa shape index (κ2) is 7.42. The SMILES string of the molecule is CC(=O)N1CCCC1C(=O)N(C)C1CCN(c2ccc(F)cc2)CC1. The molecule has 2 heterocycles. The molecule has 25 heavy (non-hydrogen) atoms. The van der Waals surface area contributed by atoms with Crippen molar-refractivity contribution < 1.29 is 14.0 Å². The van der Waals surface area contributed by atoms with E-state index in [4.69, 9.17) is 0 Å². The predicted molar refractivity (Wildman–Crippen MR) is 94.8 cm³/mol. The third-order valence-corrected chi connectivity index (χ3v) is 5.49. The van der Waals surface area contributed by atoms with Crippen LogP contribution in [0.2, 0.25) is 0 Å². The molecule has 2 aliphatic rings. The number of carbonyl (C=O) groups excluding carboxylic acids is 2. The van der Waals surface area contributed by atoms with Gasteiger partial charge in [-0.15, -0.1) is 0 Å². The minimum atomic E-state index is -0.294. The van der Waals surface area contributed by atoms with Gasteiger partial charge < -0.3 is 14.7 Å². The van der Waals surface area contributed by atoms with Gasteiger partial charge >= 0.3 is 0 Å². The highest BCUT2D eigenvalue weighted by molar-refractivity contribution is 5.87. The normalized spacial score (nSPS) is 21.5. The largest absolute Gasteiger partial charge is 0.371 e. The van der Waals surface area contributed by atoms with Gasteiger partial charge in [0.05, 0.1) is 0 Å². The number of carbonyl (C=O) groups is 2. The maximum absolute atomic E-state index is 13.1. The molecular weight excluding hydrogens is 321 g/mol. The van der Waals surface area contributed by atoms with E-state index in [2.05, 4.69) is 4.90 Å². The van der Waals surface area contributed by atoms with Crippen molar-refractivity contribution >= 4 is 17.5 Å². The molecule has 0 spiro atoms. The fourth-order valence-corrected chi connectivity index (χ4v) is 3.98. The van der Waals surface area contributed by atoms with E-state index in [1.165, 1.54) is 19.1 Å². The molecular formula is C19H26FN3O2. The molecule has 0 aliphatic carbocycles. The fourth-order valence-electron chi connectivity index (χ4n) is 3.98. The number of anilines is 1. The van der Waals surface area contributed by atoms with Gasteiger partial charge in [0.15, 0.2) is 0 Å². The lowest BCUT2D eigenvalue weighted by Gasteiger charge is -2.39. The molecule has 3 rings (SSSR count). The lowest BCUT2D eigenvalue weighted by Crippen LogP contribution is -2.52. The maximum Gasteiger partial charge on any atom is 0.245 e. The average molecular weight is 347 g/mol. The highest BCUT2D eigenvalue weighted by Crippen LogP contribution is 2.25. The molecule has 0 bridgehead atoms. The molecule has 0 saturated carbocycles. The van der Waals surface area contributed by atoms with Crippen LogP contribution in [0, 0.1) is 5.82 Å². The Morgan fingerprint density at radius 1 is 1.08 bits per heavy atom. The van der Waals surface area contributed by atoms with Crippen LogP contribution in [0.3, 0.4) is 0 Å². The number of rotatable bonds is 3. The molecule has 5 nitrogen and oxygen atoms in total. The van der Waals surface area contributed by atoms with Crippen molar-refractivity contribution in [3.63, 3.8) is 0 Å². The molecule has 136 valence electrons. The van der Waals surface area contributed by atoms with Crippen LogP contribution in [0.4, 0.5) is 10.1 Å². The topological polar surface area (TPSA) is 43.9 Å². The van der Waals surface area contributed by atoms with Crippen molar-refractivity contribution in [2.75, 3.05) is 31.6 Å². The van der Waals surface area contributed by atoms with E-state index in [0.717, 1.165) is 44.5 Å². The molecule has 2 saturated heterocycles. The summed E-state index contributed by atoms with van der Waals surface area (Å²) in [5.74, 6) is -0.182. The van der Waals surface area contributed by atoms with Crippen LogP contribution < -0.4 is 4.90 Å². The lowest BCUT2D eigenvalue weighted by atomic mass is 10.0. The van der Waals surface area contributed by atoms with Crippen molar-refractivity contribution in [2.45, 2.75) is 44.7 Å². The van der Waals surface area contributed by atoms with Gasteiger partial charge in [0.2, 0.25) is 11.8 Å².